The third kappa shape index (κ3) is 19.4. The van der Waals surface area contributed by atoms with Crippen LogP contribution in [0.15, 0.2) is 146 Å². The highest BCUT2D eigenvalue weighted by Gasteiger charge is 2.39. The third-order valence-corrected chi connectivity index (χ3v) is 24.6. The number of phenolic OH excluding ortho intramolecular Hbond substituents is 4. The van der Waals surface area contributed by atoms with Gasteiger partial charge in [0.15, 0.2) is 0 Å². The molecule has 116 heavy (non-hydrogen) atoms. The lowest BCUT2D eigenvalue weighted by molar-refractivity contribution is -0.0703. The largest absolute Gasteiger partial charge is 0.507 e. The number of fused-ring (bicyclic) bond motifs is 8. The summed E-state index contributed by atoms with van der Waals surface area (Å²) in [5, 5.41) is 52.3. The lowest BCUT2D eigenvalue weighted by atomic mass is 9.75. The number of methoxy groups -OCH3 is 4. The summed E-state index contributed by atoms with van der Waals surface area (Å²) < 4.78 is 74.0. The summed E-state index contributed by atoms with van der Waals surface area (Å²) in [6, 6.07) is 40.5. The van der Waals surface area contributed by atoms with Crippen LogP contribution in [0.25, 0.3) is 0 Å². The van der Waals surface area contributed by atoms with E-state index in [4.69, 9.17) is 56.8 Å². The van der Waals surface area contributed by atoms with Crippen molar-refractivity contribution in [2.75, 3.05) is 81.3 Å². The second kappa shape index (κ2) is 37.4. The van der Waals surface area contributed by atoms with Crippen molar-refractivity contribution in [2.24, 2.45) is 0 Å². The molecular formula is C96H112O20. The number of carbonyl (C=O) groups excluding carboxylic acids is 4. The van der Waals surface area contributed by atoms with Crippen molar-refractivity contribution in [3.63, 3.8) is 0 Å². The number of ether oxygens (including phenoxy) is 12. The second-order valence-electron chi connectivity index (χ2n) is 32.8. The van der Waals surface area contributed by atoms with Gasteiger partial charge in [-0.05, 0) is 174 Å². The predicted molar refractivity (Wildman–Crippen MR) is 439 cm³/mol. The van der Waals surface area contributed by atoms with E-state index < -0.39 is 47.5 Å². The average molecular weight is 1590 g/mol. The fraction of sp³-hybridized carbons (Fsp3) is 0.458. The SMILES string of the molecule is COc1cc(O)c2cc1C(c1ccc(C(=O)OCCOC3(C)CCCCC3)cc1)c1cc(c(OC)cc1O)C(c1ccc(C(=O)OCCOC3(C)CCCCC3)cc1)c1cc(c(OC)cc1O)C(c1ccc(C(=O)OCCOC3(C)CCCCC3)cc1)c1cc(c(OC)cc1O)C2c1ccc(C(=O)OCCOC2(C)CCCCC2)cc1. The first-order valence-electron chi connectivity index (χ1n) is 41.3. The number of benzene rings is 8. The van der Waals surface area contributed by atoms with E-state index in [0.29, 0.717) is 44.5 Å². The fourth-order valence-corrected chi connectivity index (χ4v) is 18.1. The molecule has 4 fully saturated rings. The summed E-state index contributed by atoms with van der Waals surface area (Å²) in [4.78, 5) is 56.3. The molecule has 4 N–H and O–H groups in total. The highest BCUT2D eigenvalue weighted by molar-refractivity contribution is 5.91. The minimum absolute atomic E-state index is 0.0293. The molecule has 20 heteroatoms. The van der Waals surface area contributed by atoms with Gasteiger partial charge in [-0.2, -0.15) is 0 Å². The van der Waals surface area contributed by atoms with Gasteiger partial charge >= 0.3 is 23.9 Å². The van der Waals surface area contributed by atoms with Crippen LogP contribution in [-0.4, -0.2) is 148 Å². The van der Waals surface area contributed by atoms with Crippen molar-refractivity contribution in [2.45, 2.75) is 202 Å². The molecule has 5 aliphatic carbocycles. The second-order valence-corrected chi connectivity index (χ2v) is 32.8. The topological polar surface area (TPSA) is 260 Å². The summed E-state index contributed by atoms with van der Waals surface area (Å²) in [5.41, 5.74) is 4.68. The van der Waals surface area contributed by atoms with E-state index in [0.717, 1.165) is 128 Å². The zero-order valence-electron chi connectivity index (χ0n) is 68.3. The van der Waals surface area contributed by atoms with Crippen molar-refractivity contribution < 1.29 is 96.4 Å². The van der Waals surface area contributed by atoms with Crippen molar-refractivity contribution in [1.29, 1.82) is 0 Å². The molecule has 8 aromatic rings. The molecule has 5 aliphatic rings. The van der Waals surface area contributed by atoms with E-state index >= 15 is 0 Å². The van der Waals surface area contributed by atoms with Gasteiger partial charge in [-0.3, -0.25) is 0 Å². The molecule has 8 bridgehead atoms. The van der Waals surface area contributed by atoms with Gasteiger partial charge in [-0.25, -0.2) is 19.2 Å². The number of carbonyl (C=O) groups is 4. The van der Waals surface area contributed by atoms with Crippen LogP contribution >= 0.6 is 0 Å². The van der Waals surface area contributed by atoms with Crippen LogP contribution < -0.4 is 18.9 Å². The first-order valence-corrected chi connectivity index (χ1v) is 41.3. The van der Waals surface area contributed by atoms with E-state index in [9.17, 15) is 39.6 Å². The minimum Gasteiger partial charge on any atom is -0.507 e. The number of phenols is 4. The Hall–Kier alpha value is -10.1. The standard InChI is InChI=1S/C96H112O20/c1-93(37-13-9-14-38-93)113-49-45-109-89(101)65-29-21-61(22-30-65)85-69-53-74(82(106-6)57-77(69)97)87(63-25-33-67(34-26-63)91(103)111-47-51-115-95(3)41-17-11-18-42-95)71-55-76(84(108-8)59-79(71)99)88(64-27-35-68(36-28-64)92(104)112-48-52-116-96(4)43-19-12-20-44-96)72-56-75(83(107-7)60-80(72)100)86(70-54-73(85)81(105-5)58-78(70)98)62-23-31-66(32-24-62)90(102)110-46-50-114-94(2)39-15-10-16-40-94/h21-36,53-60,85-88,97-100H,9-20,37-52H2,1-8H3. The normalized spacial score (nSPS) is 19.3. The Bertz CT molecular complexity index is 4120. The maximum atomic E-state index is 14.1. The minimum atomic E-state index is -1.05. The van der Waals surface area contributed by atoms with Crippen LogP contribution in [0.2, 0.25) is 0 Å². The number of esters is 4. The zero-order valence-corrected chi connectivity index (χ0v) is 68.3. The van der Waals surface area contributed by atoms with Gasteiger partial charge in [0.2, 0.25) is 0 Å². The van der Waals surface area contributed by atoms with E-state index in [2.05, 4.69) is 27.7 Å². The van der Waals surface area contributed by atoms with Crippen LogP contribution in [0.1, 0.15) is 288 Å². The van der Waals surface area contributed by atoms with E-state index in [1.807, 2.05) is 0 Å². The van der Waals surface area contributed by atoms with Crippen LogP contribution in [0.3, 0.4) is 0 Å². The molecule has 616 valence electrons. The molecule has 0 amide bonds. The molecule has 0 aliphatic heterocycles. The molecule has 0 aromatic heterocycles. The zero-order chi connectivity index (χ0) is 81.7. The van der Waals surface area contributed by atoms with E-state index in [1.165, 1.54) is 52.7 Å². The van der Waals surface area contributed by atoms with E-state index in [1.54, 1.807) is 121 Å². The Labute approximate surface area is 681 Å². The van der Waals surface area contributed by atoms with Gasteiger partial charge in [0, 0.05) is 92.4 Å². The quantitative estimate of drug-likeness (QED) is 0.0202. The van der Waals surface area contributed by atoms with Crippen LogP contribution in [-0.2, 0) is 37.9 Å². The summed E-state index contributed by atoms with van der Waals surface area (Å²) in [5.74, 6) is -6.76. The summed E-state index contributed by atoms with van der Waals surface area (Å²) in [6.45, 7) is 9.43. The highest BCUT2D eigenvalue weighted by atomic mass is 16.6. The van der Waals surface area contributed by atoms with Crippen LogP contribution in [0.4, 0.5) is 0 Å². The smallest absolute Gasteiger partial charge is 0.338 e. The number of rotatable bonds is 28. The number of hydrogen-bond acceptors (Lipinski definition) is 20. The maximum Gasteiger partial charge on any atom is 0.338 e. The predicted octanol–water partition coefficient (Wildman–Crippen LogP) is 19.2. The van der Waals surface area contributed by atoms with Crippen LogP contribution in [0.5, 0.6) is 46.0 Å². The van der Waals surface area contributed by atoms with Gasteiger partial charge in [-0.15, -0.1) is 0 Å². The fourth-order valence-electron chi connectivity index (χ4n) is 18.1. The van der Waals surface area contributed by atoms with E-state index in [-0.39, 0.29) is 166 Å². The molecule has 4 unspecified atom stereocenters. The Balaban J connectivity index is 0.990. The monoisotopic (exact) mass is 1580 g/mol. The Morgan fingerprint density at radius 3 is 0.621 bits per heavy atom. The van der Waals surface area contributed by atoms with Crippen molar-refractivity contribution >= 4 is 23.9 Å². The van der Waals surface area contributed by atoms with Crippen molar-refractivity contribution in [3.05, 3.63) is 235 Å². The molecule has 0 spiro atoms. The first-order chi connectivity index (χ1) is 56.0. The molecule has 20 nitrogen and oxygen atoms in total. The van der Waals surface area contributed by atoms with Gasteiger partial charge in [0.25, 0.3) is 0 Å². The molecule has 0 saturated heterocycles. The lowest BCUT2D eigenvalue weighted by Gasteiger charge is -2.33. The lowest BCUT2D eigenvalue weighted by Crippen LogP contribution is -2.32. The van der Waals surface area contributed by atoms with Crippen molar-refractivity contribution in [3.8, 4) is 46.0 Å². The molecule has 4 atom stereocenters. The van der Waals surface area contributed by atoms with Gasteiger partial charge < -0.3 is 77.3 Å². The third-order valence-electron chi connectivity index (χ3n) is 24.6. The molecule has 0 heterocycles. The number of hydrogen-bond donors (Lipinski definition) is 4. The van der Waals surface area contributed by atoms with Gasteiger partial charge in [0.1, 0.15) is 72.4 Å². The van der Waals surface area contributed by atoms with Crippen molar-refractivity contribution in [1.82, 2.24) is 0 Å². The van der Waals surface area contributed by atoms with Gasteiger partial charge in [0.05, 0.1) is 99.5 Å². The molecular weight excluding hydrogens is 1470 g/mol. The molecule has 4 saturated carbocycles. The molecule has 8 aromatic carbocycles. The average Bonchev–Trinajstić information content (AvgIpc) is 0.735. The van der Waals surface area contributed by atoms with Crippen LogP contribution in [0, 0.1) is 0 Å². The summed E-state index contributed by atoms with van der Waals surface area (Å²) >= 11 is 0. The Kier molecular flexibility index (Phi) is 27.0. The molecule has 13 rings (SSSR count). The first kappa shape index (κ1) is 83.8. The summed E-state index contributed by atoms with van der Waals surface area (Å²) in [7, 11) is 5.89. The molecule has 0 radical (unpaired) electrons. The Morgan fingerprint density at radius 2 is 0.448 bits per heavy atom. The maximum absolute atomic E-state index is 14.1. The summed E-state index contributed by atoms with van der Waals surface area (Å²) in [6.07, 6.45) is 20.7. The van der Waals surface area contributed by atoms with Gasteiger partial charge in [-0.1, -0.05) is 126 Å². The highest BCUT2D eigenvalue weighted by Crippen LogP contribution is 2.55. The Morgan fingerprint density at radius 1 is 0.267 bits per heavy atom. The number of aromatic hydroxyl groups is 4.